The molecule has 1 aliphatic carbocycles. The summed E-state index contributed by atoms with van der Waals surface area (Å²) in [7, 11) is 0. The average molecular weight is 479 g/mol. The number of nitrogens with one attached hydrogen (secondary N) is 2. The third-order valence-electron chi connectivity index (χ3n) is 3.54. The molecule has 2 aromatic rings. The highest BCUT2D eigenvalue weighted by molar-refractivity contribution is 14.1. The van der Waals surface area contributed by atoms with E-state index in [0.29, 0.717) is 9.26 Å². The van der Waals surface area contributed by atoms with Gasteiger partial charge in [0, 0.05) is 15.2 Å². The Morgan fingerprint density at radius 3 is 2.62 bits per heavy atom. The molecule has 1 fully saturated rings. The van der Waals surface area contributed by atoms with Gasteiger partial charge in [-0.25, -0.2) is 4.68 Å². The molecule has 1 aromatic carbocycles. The van der Waals surface area contributed by atoms with Gasteiger partial charge in [-0.1, -0.05) is 5.21 Å². The number of alkyl halides is 3. The van der Waals surface area contributed by atoms with Crippen molar-refractivity contribution in [3.63, 3.8) is 0 Å². The molecule has 1 aliphatic rings. The fourth-order valence-electron chi connectivity index (χ4n) is 2.09. The number of amides is 2. The Bertz CT molecular complexity index is 848. The first kappa shape index (κ1) is 18.6. The van der Waals surface area contributed by atoms with Gasteiger partial charge in [-0.15, -0.1) is 5.10 Å². The molecule has 1 heterocycles. The average Bonchev–Trinajstić information content (AvgIpc) is 3.24. The van der Waals surface area contributed by atoms with Gasteiger partial charge in [0.1, 0.15) is 6.54 Å². The van der Waals surface area contributed by atoms with E-state index in [-0.39, 0.29) is 23.2 Å². The fraction of sp³-hybridized carbons (Fsp3) is 0.333. The van der Waals surface area contributed by atoms with E-state index in [1.54, 1.807) is 0 Å². The van der Waals surface area contributed by atoms with Crippen molar-refractivity contribution in [2.45, 2.75) is 25.1 Å². The van der Waals surface area contributed by atoms with Crippen LogP contribution in [0.25, 0.3) is 5.69 Å². The Hall–Kier alpha value is -2.18. The lowest BCUT2D eigenvalue weighted by atomic mass is 10.2. The molecule has 2 amide bonds. The molecule has 7 nitrogen and oxygen atoms in total. The number of halogens is 4. The van der Waals surface area contributed by atoms with E-state index in [0.717, 1.165) is 12.8 Å². The minimum absolute atomic E-state index is 0.0919. The monoisotopic (exact) mass is 479 g/mol. The van der Waals surface area contributed by atoms with Crippen LogP contribution >= 0.6 is 22.6 Å². The van der Waals surface area contributed by atoms with Crippen LogP contribution in [0.3, 0.4) is 0 Å². The van der Waals surface area contributed by atoms with E-state index in [1.165, 1.54) is 29.1 Å². The number of carbonyl (C=O) groups excluding carboxylic acids is 2. The van der Waals surface area contributed by atoms with Gasteiger partial charge in [0.2, 0.25) is 0 Å². The second-order valence-electron chi connectivity index (χ2n) is 5.76. The number of aromatic nitrogens is 3. The topological polar surface area (TPSA) is 88.9 Å². The predicted molar refractivity (Wildman–Crippen MR) is 93.0 cm³/mol. The fourth-order valence-corrected chi connectivity index (χ4v) is 2.85. The highest BCUT2D eigenvalue weighted by Gasteiger charge is 2.28. The van der Waals surface area contributed by atoms with Crippen molar-refractivity contribution in [3.8, 4) is 5.69 Å². The van der Waals surface area contributed by atoms with Crippen LogP contribution in [0.2, 0.25) is 0 Å². The van der Waals surface area contributed by atoms with E-state index in [4.69, 9.17) is 0 Å². The van der Waals surface area contributed by atoms with Gasteiger partial charge < -0.3 is 10.6 Å². The number of carbonyl (C=O) groups is 2. The number of hydrogen-bond donors (Lipinski definition) is 2. The van der Waals surface area contributed by atoms with Crippen LogP contribution in [0.15, 0.2) is 24.4 Å². The largest absolute Gasteiger partial charge is 0.405 e. The molecule has 3 rings (SSSR count). The SMILES string of the molecule is O=C(NCC(F)(F)F)c1ccc(-n2cc(C(=O)NC3CC3)nn2)c(I)c1. The van der Waals surface area contributed by atoms with E-state index >= 15 is 0 Å². The number of benzene rings is 1. The molecule has 26 heavy (non-hydrogen) atoms. The molecule has 0 spiro atoms. The maximum atomic E-state index is 12.2. The summed E-state index contributed by atoms with van der Waals surface area (Å²) in [6.07, 6.45) is -1.11. The molecular weight excluding hydrogens is 466 g/mol. The van der Waals surface area contributed by atoms with Gasteiger partial charge >= 0.3 is 6.18 Å². The molecule has 1 aromatic heterocycles. The van der Waals surface area contributed by atoms with Gasteiger partial charge in [-0.05, 0) is 53.6 Å². The first-order chi connectivity index (χ1) is 12.2. The van der Waals surface area contributed by atoms with Crippen molar-refractivity contribution < 1.29 is 22.8 Å². The van der Waals surface area contributed by atoms with Gasteiger partial charge in [0.05, 0.1) is 11.9 Å². The molecule has 0 saturated heterocycles. The van der Waals surface area contributed by atoms with Crippen LogP contribution in [0, 0.1) is 3.57 Å². The second-order valence-corrected chi connectivity index (χ2v) is 6.92. The Kier molecular flexibility index (Phi) is 5.16. The summed E-state index contributed by atoms with van der Waals surface area (Å²) in [5.41, 5.74) is 0.810. The molecule has 0 atom stereocenters. The molecule has 0 radical (unpaired) electrons. The molecule has 0 bridgehead atoms. The summed E-state index contributed by atoms with van der Waals surface area (Å²) in [6.45, 7) is -1.40. The van der Waals surface area contributed by atoms with Crippen LogP contribution in [0.4, 0.5) is 13.2 Å². The zero-order valence-electron chi connectivity index (χ0n) is 13.2. The van der Waals surface area contributed by atoms with E-state index in [2.05, 4.69) is 15.6 Å². The minimum atomic E-state index is -4.47. The summed E-state index contributed by atoms with van der Waals surface area (Å²) >= 11 is 1.93. The quantitative estimate of drug-likeness (QED) is 0.643. The van der Waals surface area contributed by atoms with Crippen LogP contribution < -0.4 is 10.6 Å². The Balaban J connectivity index is 1.72. The minimum Gasteiger partial charge on any atom is -0.348 e. The van der Waals surface area contributed by atoms with Crippen molar-refractivity contribution in [1.82, 2.24) is 25.6 Å². The summed E-state index contributed by atoms with van der Waals surface area (Å²) in [4.78, 5) is 23.7. The van der Waals surface area contributed by atoms with Gasteiger partial charge in [-0.3, -0.25) is 9.59 Å². The van der Waals surface area contributed by atoms with Gasteiger partial charge in [0.15, 0.2) is 5.69 Å². The number of hydrogen-bond acceptors (Lipinski definition) is 4. The molecule has 1 saturated carbocycles. The molecule has 11 heteroatoms. The lowest BCUT2D eigenvalue weighted by Gasteiger charge is -2.10. The standard InChI is InChI=1S/C15H13F3IN5O2/c16-15(17,18)7-20-13(25)8-1-4-12(10(19)5-8)24-6-11(22-23-24)14(26)21-9-2-3-9/h1,4-6,9H,2-3,7H2,(H,20,25)(H,21,26). The van der Waals surface area contributed by atoms with E-state index < -0.39 is 18.6 Å². The maximum Gasteiger partial charge on any atom is 0.405 e. The van der Waals surface area contributed by atoms with Gasteiger partial charge in [-0.2, -0.15) is 13.2 Å². The predicted octanol–water partition coefficient (Wildman–Crippen LogP) is 2.06. The van der Waals surface area contributed by atoms with Crippen molar-refractivity contribution in [3.05, 3.63) is 39.2 Å². The molecular formula is C15H13F3IN5O2. The van der Waals surface area contributed by atoms with E-state index in [1.807, 2.05) is 27.9 Å². The highest BCUT2D eigenvalue weighted by Crippen LogP contribution is 2.21. The van der Waals surface area contributed by atoms with Crippen LogP contribution in [0.1, 0.15) is 33.7 Å². The second kappa shape index (κ2) is 7.21. The summed E-state index contributed by atoms with van der Waals surface area (Å²) < 4.78 is 38.5. The number of rotatable bonds is 5. The summed E-state index contributed by atoms with van der Waals surface area (Å²) in [6, 6.07) is 4.55. The third kappa shape index (κ3) is 4.71. The lowest BCUT2D eigenvalue weighted by Crippen LogP contribution is -2.33. The zero-order chi connectivity index (χ0) is 18.9. The third-order valence-corrected chi connectivity index (χ3v) is 4.41. The van der Waals surface area contributed by atoms with Crippen LogP contribution in [0.5, 0.6) is 0 Å². The lowest BCUT2D eigenvalue weighted by molar-refractivity contribution is -0.123. The molecule has 0 aliphatic heterocycles. The molecule has 138 valence electrons. The Morgan fingerprint density at radius 2 is 2.00 bits per heavy atom. The zero-order valence-corrected chi connectivity index (χ0v) is 15.3. The maximum absolute atomic E-state index is 12.2. The van der Waals surface area contributed by atoms with Crippen molar-refractivity contribution in [1.29, 1.82) is 0 Å². The van der Waals surface area contributed by atoms with Crippen LogP contribution in [-0.2, 0) is 0 Å². The first-order valence-electron chi connectivity index (χ1n) is 7.61. The van der Waals surface area contributed by atoms with Crippen molar-refractivity contribution in [2.24, 2.45) is 0 Å². The number of nitrogens with zero attached hydrogens (tertiary/aromatic N) is 3. The van der Waals surface area contributed by atoms with Gasteiger partial charge in [0.25, 0.3) is 11.8 Å². The summed E-state index contributed by atoms with van der Waals surface area (Å²) in [5, 5.41) is 12.3. The highest BCUT2D eigenvalue weighted by atomic mass is 127. The summed E-state index contributed by atoms with van der Waals surface area (Å²) in [5.74, 6) is -1.13. The molecule has 2 N–H and O–H groups in total. The van der Waals surface area contributed by atoms with Crippen molar-refractivity contribution in [2.75, 3.05) is 6.54 Å². The van der Waals surface area contributed by atoms with E-state index in [9.17, 15) is 22.8 Å². The Labute approximate surface area is 159 Å². The smallest absolute Gasteiger partial charge is 0.348 e. The normalized spacial score (nSPS) is 14.2. The van der Waals surface area contributed by atoms with Crippen molar-refractivity contribution >= 4 is 34.4 Å². The Morgan fingerprint density at radius 1 is 1.27 bits per heavy atom. The van der Waals surface area contributed by atoms with Crippen LogP contribution in [-0.4, -0.2) is 45.6 Å². The first-order valence-corrected chi connectivity index (χ1v) is 8.69. The molecule has 0 unspecified atom stereocenters.